The molecule has 3 rings (SSSR count). The minimum atomic E-state index is 0.568. The molecule has 2 aromatic rings. The molecule has 1 aromatic carbocycles. The molecule has 1 atom stereocenters. The number of aryl methyl sites for hydroxylation is 1. The summed E-state index contributed by atoms with van der Waals surface area (Å²) in [5.41, 5.74) is 5.20. The molecular weight excluding hydrogens is 258 g/mol. The van der Waals surface area contributed by atoms with Gasteiger partial charge in [-0.25, -0.2) is 0 Å². The lowest BCUT2D eigenvalue weighted by Crippen LogP contribution is -2.36. The molecule has 1 aliphatic rings. The molecule has 110 valence electrons. The number of benzene rings is 1. The van der Waals surface area contributed by atoms with E-state index in [1.54, 1.807) is 0 Å². The summed E-state index contributed by atoms with van der Waals surface area (Å²) in [6.07, 6.45) is 4.38. The summed E-state index contributed by atoms with van der Waals surface area (Å²) in [4.78, 5) is 7.10. The van der Waals surface area contributed by atoms with E-state index in [9.17, 15) is 0 Å². The summed E-state index contributed by atoms with van der Waals surface area (Å²) in [5.74, 6) is 0. The highest BCUT2D eigenvalue weighted by Crippen LogP contribution is 2.31. The van der Waals surface area contributed by atoms with E-state index in [2.05, 4.69) is 58.5 Å². The number of nitrogens with one attached hydrogen (secondary N) is 1. The molecule has 2 heterocycles. The molecule has 3 heteroatoms. The van der Waals surface area contributed by atoms with Crippen LogP contribution in [0.2, 0.25) is 0 Å². The number of aromatic nitrogens is 1. The molecule has 0 saturated heterocycles. The fraction of sp³-hybridized carbons (Fsp3) is 0.389. The van der Waals surface area contributed by atoms with Gasteiger partial charge in [0, 0.05) is 24.5 Å². The fourth-order valence-electron chi connectivity index (χ4n) is 3.03. The number of nitrogens with zero attached hydrogens (tertiary/aromatic N) is 2. The monoisotopic (exact) mass is 281 g/mol. The van der Waals surface area contributed by atoms with E-state index < -0.39 is 0 Å². The number of para-hydroxylation sites is 1. The van der Waals surface area contributed by atoms with E-state index >= 15 is 0 Å². The maximum Gasteiger partial charge on any atom is 0.0605 e. The second-order valence-electron chi connectivity index (χ2n) is 5.83. The van der Waals surface area contributed by atoms with E-state index in [4.69, 9.17) is 0 Å². The quantitative estimate of drug-likeness (QED) is 0.933. The predicted molar refractivity (Wildman–Crippen MR) is 87.4 cm³/mol. The summed E-state index contributed by atoms with van der Waals surface area (Å²) in [7, 11) is 1.96. The minimum Gasteiger partial charge on any atom is -0.363 e. The maximum absolute atomic E-state index is 4.62. The van der Waals surface area contributed by atoms with Crippen molar-refractivity contribution in [2.24, 2.45) is 0 Å². The Hall–Kier alpha value is -1.87. The molecular formula is C18H23N3. The van der Waals surface area contributed by atoms with Crippen LogP contribution in [0.4, 0.5) is 5.69 Å². The van der Waals surface area contributed by atoms with Crippen LogP contribution >= 0.6 is 0 Å². The Morgan fingerprint density at radius 2 is 2.10 bits per heavy atom. The van der Waals surface area contributed by atoms with Gasteiger partial charge in [0.2, 0.25) is 0 Å². The third-order valence-corrected chi connectivity index (χ3v) is 4.26. The Balaban J connectivity index is 1.80. The zero-order valence-electron chi connectivity index (χ0n) is 12.8. The largest absolute Gasteiger partial charge is 0.363 e. The smallest absolute Gasteiger partial charge is 0.0605 e. The standard InChI is InChI=1S/C18H23N3/c1-14-7-9-16-5-3-4-6-18(16)21(14)13-17-10-8-15(11-19-2)12-20-17/h3-6,8,10,12,14,19H,7,9,11,13H2,1-2H3. The van der Waals surface area contributed by atoms with Gasteiger partial charge in [0.25, 0.3) is 0 Å². The maximum atomic E-state index is 4.62. The van der Waals surface area contributed by atoms with Crippen molar-refractivity contribution in [3.63, 3.8) is 0 Å². The van der Waals surface area contributed by atoms with E-state index in [1.807, 2.05) is 13.2 Å². The second-order valence-corrected chi connectivity index (χ2v) is 5.83. The van der Waals surface area contributed by atoms with Crippen LogP contribution < -0.4 is 10.2 Å². The van der Waals surface area contributed by atoms with Crippen LogP contribution in [0.5, 0.6) is 0 Å². The van der Waals surface area contributed by atoms with Gasteiger partial charge >= 0.3 is 0 Å². The van der Waals surface area contributed by atoms with Gasteiger partial charge in [0.05, 0.1) is 12.2 Å². The van der Waals surface area contributed by atoms with E-state index in [0.29, 0.717) is 6.04 Å². The summed E-state index contributed by atoms with van der Waals surface area (Å²) >= 11 is 0. The van der Waals surface area contributed by atoms with Crippen molar-refractivity contribution in [2.75, 3.05) is 11.9 Å². The third kappa shape index (κ3) is 3.08. The van der Waals surface area contributed by atoms with Crippen molar-refractivity contribution in [3.05, 3.63) is 59.4 Å². The van der Waals surface area contributed by atoms with Gasteiger partial charge in [-0.05, 0) is 50.1 Å². The highest BCUT2D eigenvalue weighted by molar-refractivity contribution is 5.56. The first kappa shape index (κ1) is 14.1. The Kier molecular flexibility index (Phi) is 4.20. The number of hydrogen-bond donors (Lipinski definition) is 1. The molecule has 1 aliphatic heterocycles. The first-order chi connectivity index (χ1) is 10.3. The Morgan fingerprint density at radius 1 is 1.24 bits per heavy atom. The summed E-state index contributed by atoms with van der Waals surface area (Å²) in [6, 6.07) is 13.6. The molecule has 1 N–H and O–H groups in total. The molecule has 1 aromatic heterocycles. The van der Waals surface area contributed by atoms with Crippen LogP contribution in [0.25, 0.3) is 0 Å². The van der Waals surface area contributed by atoms with Crippen LogP contribution in [0.15, 0.2) is 42.6 Å². The Labute approximate surface area is 127 Å². The molecule has 0 saturated carbocycles. The zero-order chi connectivity index (χ0) is 14.7. The van der Waals surface area contributed by atoms with Gasteiger partial charge in [0.15, 0.2) is 0 Å². The molecule has 3 nitrogen and oxygen atoms in total. The van der Waals surface area contributed by atoms with Crippen molar-refractivity contribution >= 4 is 5.69 Å². The first-order valence-corrected chi connectivity index (χ1v) is 7.71. The Bertz CT molecular complexity index is 592. The summed E-state index contributed by atoms with van der Waals surface area (Å²) in [6.45, 7) is 4.07. The molecule has 0 bridgehead atoms. The molecule has 0 amide bonds. The van der Waals surface area contributed by atoms with Gasteiger partial charge in [0.1, 0.15) is 0 Å². The third-order valence-electron chi connectivity index (χ3n) is 4.26. The number of fused-ring (bicyclic) bond motifs is 1. The van der Waals surface area contributed by atoms with Crippen molar-refractivity contribution < 1.29 is 0 Å². The molecule has 0 spiro atoms. The predicted octanol–water partition coefficient (Wildman–Crippen LogP) is 3.14. The van der Waals surface area contributed by atoms with Crippen LogP contribution in [0.1, 0.15) is 30.2 Å². The lowest BCUT2D eigenvalue weighted by molar-refractivity contribution is 0.556. The first-order valence-electron chi connectivity index (χ1n) is 7.71. The topological polar surface area (TPSA) is 28.2 Å². The van der Waals surface area contributed by atoms with Gasteiger partial charge in [-0.15, -0.1) is 0 Å². The minimum absolute atomic E-state index is 0.568. The second kappa shape index (κ2) is 6.27. The Morgan fingerprint density at radius 3 is 2.86 bits per heavy atom. The molecule has 1 unspecified atom stereocenters. The van der Waals surface area contributed by atoms with Crippen molar-refractivity contribution in [1.82, 2.24) is 10.3 Å². The average molecular weight is 281 g/mol. The summed E-state index contributed by atoms with van der Waals surface area (Å²) < 4.78 is 0. The van der Waals surface area contributed by atoms with Crippen LogP contribution in [-0.4, -0.2) is 18.1 Å². The van der Waals surface area contributed by atoms with Crippen molar-refractivity contribution in [1.29, 1.82) is 0 Å². The number of rotatable bonds is 4. The average Bonchev–Trinajstić information content (AvgIpc) is 2.52. The van der Waals surface area contributed by atoms with Gasteiger partial charge in [-0.1, -0.05) is 24.3 Å². The van der Waals surface area contributed by atoms with Crippen LogP contribution in [-0.2, 0) is 19.5 Å². The van der Waals surface area contributed by atoms with Crippen LogP contribution in [0.3, 0.4) is 0 Å². The normalized spacial score (nSPS) is 17.6. The van der Waals surface area contributed by atoms with Gasteiger partial charge < -0.3 is 10.2 Å². The fourth-order valence-corrected chi connectivity index (χ4v) is 3.03. The molecule has 0 fully saturated rings. The highest BCUT2D eigenvalue weighted by atomic mass is 15.2. The zero-order valence-corrected chi connectivity index (χ0v) is 12.8. The summed E-state index contributed by atoms with van der Waals surface area (Å²) in [5, 5.41) is 3.15. The number of anilines is 1. The lowest BCUT2D eigenvalue weighted by atomic mass is 9.96. The van der Waals surface area contributed by atoms with Crippen LogP contribution in [0, 0.1) is 0 Å². The number of pyridine rings is 1. The van der Waals surface area contributed by atoms with Gasteiger partial charge in [-0.2, -0.15) is 0 Å². The van der Waals surface area contributed by atoms with Crippen molar-refractivity contribution in [2.45, 2.75) is 38.9 Å². The van der Waals surface area contributed by atoms with E-state index in [0.717, 1.165) is 18.8 Å². The molecule has 0 radical (unpaired) electrons. The van der Waals surface area contributed by atoms with Gasteiger partial charge in [-0.3, -0.25) is 4.98 Å². The highest BCUT2D eigenvalue weighted by Gasteiger charge is 2.22. The van der Waals surface area contributed by atoms with E-state index in [1.165, 1.54) is 29.7 Å². The lowest BCUT2D eigenvalue weighted by Gasteiger charge is -2.37. The number of hydrogen-bond acceptors (Lipinski definition) is 3. The molecule has 0 aliphatic carbocycles. The van der Waals surface area contributed by atoms with E-state index in [-0.39, 0.29) is 0 Å². The SMILES string of the molecule is CNCc1ccc(CN2c3ccccc3CCC2C)nc1. The van der Waals surface area contributed by atoms with Crippen molar-refractivity contribution in [3.8, 4) is 0 Å². The molecule has 21 heavy (non-hydrogen) atoms.